The van der Waals surface area contributed by atoms with Crippen LogP contribution >= 0.6 is 11.6 Å². The molecule has 21 heavy (non-hydrogen) atoms. The van der Waals surface area contributed by atoms with E-state index in [4.69, 9.17) is 21.8 Å². The first kappa shape index (κ1) is 12.2. The van der Waals surface area contributed by atoms with Gasteiger partial charge in [0.1, 0.15) is 5.52 Å². The van der Waals surface area contributed by atoms with Crippen molar-refractivity contribution in [2.45, 2.75) is 0 Å². The third kappa shape index (κ3) is 1.92. The molecule has 2 N–H and O–H groups in total. The molecule has 0 saturated heterocycles. The van der Waals surface area contributed by atoms with Gasteiger partial charge in [-0.2, -0.15) is 0 Å². The van der Waals surface area contributed by atoms with Crippen molar-refractivity contribution in [3.63, 3.8) is 0 Å². The zero-order chi connectivity index (χ0) is 14.4. The summed E-state index contributed by atoms with van der Waals surface area (Å²) in [6, 6.07) is 13.1. The van der Waals surface area contributed by atoms with E-state index < -0.39 is 0 Å². The number of nitrogens with zero attached hydrogens (tertiary/aromatic N) is 2. The molecule has 4 aromatic rings. The number of halogens is 1. The number of nitrogens with two attached hydrogens (primary N) is 1. The molecule has 0 spiro atoms. The van der Waals surface area contributed by atoms with Gasteiger partial charge >= 0.3 is 0 Å². The van der Waals surface area contributed by atoms with Gasteiger partial charge in [-0.05, 0) is 24.3 Å². The second kappa shape index (κ2) is 4.46. The topological polar surface area (TPSA) is 64.9 Å². The van der Waals surface area contributed by atoms with Gasteiger partial charge in [-0.15, -0.1) is 0 Å². The van der Waals surface area contributed by atoms with E-state index in [1.807, 2.05) is 30.3 Å². The highest BCUT2D eigenvalue weighted by molar-refractivity contribution is 6.33. The van der Waals surface area contributed by atoms with E-state index in [0.717, 1.165) is 16.5 Å². The summed E-state index contributed by atoms with van der Waals surface area (Å²) >= 11 is 6.02. The van der Waals surface area contributed by atoms with Crippen LogP contribution in [-0.4, -0.2) is 9.97 Å². The molecule has 2 aromatic carbocycles. The van der Waals surface area contributed by atoms with Gasteiger partial charge in [-0.25, -0.2) is 4.98 Å². The van der Waals surface area contributed by atoms with Crippen molar-refractivity contribution in [3.8, 4) is 11.5 Å². The lowest BCUT2D eigenvalue weighted by Crippen LogP contribution is -1.84. The van der Waals surface area contributed by atoms with Gasteiger partial charge in [0.15, 0.2) is 5.58 Å². The van der Waals surface area contributed by atoms with Crippen LogP contribution in [0.3, 0.4) is 0 Å². The minimum absolute atomic E-state index is 0.474. The molecule has 5 heteroatoms. The van der Waals surface area contributed by atoms with Crippen molar-refractivity contribution in [3.05, 3.63) is 53.7 Å². The SMILES string of the molecule is Nc1cc2oc(-c3cccc4ncccc34)nc2cc1Cl. The molecule has 0 atom stereocenters. The van der Waals surface area contributed by atoms with Gasteiger partial charge in [-0.1, -0.05) is 23.7 Å². The first-order chi connectivity index (χ1) is 10.2. The van der Waals surface area contributed by atoms with Crippen molar-refractivity contribution in [2.75, 3.05) is 5.73 Å². The lowest BCUT2D eigenvalue weighted by atomic mass is 10.1. The van der Waals surface area contributed by atoms with Crippen LogP contribution in [0.15, 0.2) is 53.1 Å². The third-order valence-corrected chi connectivity index (χ3v) is 3.71. The molecule has 2 heterocycles. The molecule has 4 rings (SSSR count). The maximum absolute atomic E-state index is 6.02. The maximum atomic E-state index is 6.02. The standard InChI is InChI=1S/C16H10ClN3O/c17-11-7-14-15(8-12(11)18)21-16(20-14)10-3-1-5-13-9(10)4-2-6-19-13/h1-8H,18H2. The van der Waals surface area contributed by atoms with E-state index in [1.165, 1.54) is 0 Å². The highest BCUT2D eigenvalue weighted by Gasteiger charge is 2.13. The number of aromatic nitrogens is 2. The Morgan fingerprint density at radius 3 is 2.86 bits per heavy atom. The van der Waals surface area contributed by atoms with Gasteiger partial charge < -0.3 is 10.2 Å². The molecule has 0 amide bonds. The highest BCUT2D eigenvalue weighted by atomic mass is 35.5. The Kier molecular flexibility index (Phi) is 2.59. The van der Waals surface area contributed by atoms with E-state index in [-0.39, 0.29) is 0 Å². The summed E-state index contributed by atoms with van der Waals surface area (Å²) in [4.78, 5) is 8.84. The van der Waals surface area contributed by atoms with E-state index in [1.54, 1.807) is 18.3 Å². The monoisotopic (exact) mass is 295 g/mol. The van der Waals surface area contributed by atoms with Crippen LogP contribution in [0.2, 0.25) is 5.02 Å². The third-order valence-electron chi connectivity index (χ3n) is 3.38. The predicted octanol–water partition coefficient (Wildman–Crippen LogP) is 4.28. The van der Waals surface area contributed by atoms with Crippen LogP contribution < -0.4 is 5.73 Å². The molecule has 0 radical (unpaired) electrons. The number of benzene rings is 2. The summed E-state index contributed by atoms with van der Waals surface area (Å²) in [5.41, 5.74) is 9.37. The average molecular weight is 296 g/mol. The van der Waals surface area contributed by atoms with Crippen molar-refractivity contribution < 1.29 is 4.42 Å². The minimum atomic E-state index is 0.474. The smallest absolute Gasteiger partial charge is 0.227 e. The molecule has 0 aliphatic rings. The largest absolute Gasteiger partial charge is 0.436 e. The van der Waals surface area contributed by atoms with Gasteiger partial charge in [0.2, 0.25) is 5.89 Å². The quantitative estimate of drug-likeness (QED) is 0.532. The molecule has 102 valence electrons. The zero-order valence-electron chi connectivity index (χ0n) is 10.9. The molecule has 0 unspecified atom stereocenters. The van der Waals surface area contributed by atoms with Crippen LogP contribution in [0.4, 0.5) is 5.69 Å². The number of pyridine rings is 1. The molecule has 2 aromatic heterocycles. The van der Waals surface area contributed by atoms with Gasteiger partial charge in [0.05, 0.1) is 16.2 Å². The number of nitrogen functional groups attached to an aromatic ring is 1. The predicted molar refractivity (Wildman–Crippen MR) is 84.2 cm³/mol. The Balaban J connectivity index is 2.00. The molecule has 0 saturated carbocycles. The fourth-order valence-corrected chi connectivity index (χ4v) is 2.53. The van der Waals surface area contributed by atoms with E-state index >= 15 is 0 Å². The molecular formula is C16H10ClN3O. The average Bonchev–Trinajstić information content (AvgIpc) is 2.90. The summed E-state index contributed by atoms with van der Waals surface area (Å²) in [5, 5.41) is 1.47. The molecule has 0 aliphatic heterocycles. The van der Waals surface area contributed by atoms with Crippen LogP contribution in [0.5, 0.6) is 0 Å². The molecule has 0 aliphatic carbocycles. The number of hydrogen-bond donors (Lipinski definition) is 1. The Hall–Kier alpha value is -2.59. The second-order valence-corrected chi connectivity index (χ2v) is 5.14. The second-order valence-electron chi connectivity index (χ2n) is 4.74. The Morgan fingerprint density at radius 1 is 1.05 bits per heavy atom. The van der Waals surface area contributed by atoms with Crippen molar-refractivity contribution in [1.29, 1.82) is 0 Å². The molecule has 4 nitrogen and oxygen atoms in total. The summed E-state index contributed by atoms with van der Waals surface area (Å²) < 4.78 is 5.82. The van der Waals surface area contributed by atoms with Crippen molar-refractivity contribution in [2.24, 2.45) is 0 Å². The van der Waals surface area contributed by atoms with Crippen LogP contribution in [0, 0.1) is 0 Å². The Labute approximate surface area is 125 Å². The normalized spacial score (nSPS) is 11.3. The first-order valence-corrected chi connectivity index (χ1v) is 6.80. The zero-order valence-corrected chi connectivity index (χ0v) is 11.6. The summed E-state index contributed by atoms with van der Waals surface area (Å²) in [5.74, 6) is 0.533. The van der Waals surface area contributed by atoms with Gasteiger partial charge in [0, 0.05) is 23.2 Å². The fraction of sp³-hybridized carbons (Fsp3) is 0. The summed E-state index contributed by atoms with van der Waals surface area (Å²) in [6.45, 7) is 0. The number of oxazole rings is 1. The van der Waals surface area contributed by atoms with Crippen molar-refractivity contribution in [1.82, 2.24) is 9.97 Å². The highest BCUT2D eigenvalue weighted by Crippen LogP contribution is 2.32. The lowest BCUT2D eigenvalue weighted by molar-refractivity contribution is 0.621. The van der Waals surface area contributed by atoms with E-state index in [2.05, 4.69) is 9.97 Å². The fourth-order valence-electron chi connectivity index (χ4n) is 2.37. The van der Waals surface area contributed by atoms with Crippen molar-refractivity contribution >= 4 is 39.3 Å². The Morgan fingerprint density at radius 2 is 1.95 bits per heavy atom. The minimum Gasteiger partial charge on any atom is -0.436 e. The number of anilines is 1. The molecule has 0 bridgehead atoms. The van der Waals surface area contributed by atoms with Crippen LogP contribution in [-0.2, 0) is 0 Å². The Bertz CT molecular complexity index is 934. The maximum Gasteiger partial charge on any atom is 0.227 e. The number of fused-ring (bicyclic) bond motifs is 2. The summed E-state index contributed by atoms with van der Waals surface area (Å²) in [6.07, 6.45) is 1.76. The molecular weight excluding hydrogens is 286 g/mol. The lowest BCUT2D eigenvalue weighted by Gasteiger charge is -2.01. The van der Waals surface area contributed by atoms with Gasteiger partial charge in [0.25, 0.3) is 0 Å². The summed E-state index contributed by atoms with van der Waals surface area (Å²) in [7, 11) is 0. The number of hydrogen-bond acceptors (Lipinski definition) is 4. The first-order valence-electron chi connectivity index (χ1n) is 6.42. The van der Waals surface area contributed by atoms with Crippen LogP contribution in [0.25, 0.3) is 33.5 Å². The number of rotatable bonds is 1. The van der Waals surface area contributed by atoms with Gasteiger partial charge in [-0.3, -0.25) is 4.98 Å². The van der Waals surface area contributed by atoms with Crippen LogP contribution in [0.1, 0.15) is 0 Å². The molecule has 0 fully saturated rings. The van der Waals surface area contributed by atoms with E-state index in [0.29, 0.717) is 27.7 Å². The van der Waals surface area contributed by atoms with E-state index in [9.17, 15) is 0 Å².